The number of fused-ring (bicyclic) bond motifs is 1. The summed E-state index contributed by atoms with van der Waals surface area (Å²) >= 11 is 0. The zero-order valence-electron chi connectivity index (χ0n) is 12.2. The minimum atomic E-state index is -0.328. The number of ether oxygens (including phenoxy) is 2. The number of anilines is 1. The Balaban J connectivity index is 1.81. The molecule has 1 heterocycles. The molecule has 4 nitrogen and oxygen atoms in total. The molecule has 0 spiro atoms. The predicted octanol–water partition coefficient (Wildman–Crippen LogP) is 3.55. The highest BCUT2D eigenvalue weighted by Gasteiger charge is 2.14. The molecule has 114 valence electrons. The van der Waals surface area contributed by atoms with E-state index in [4.69, 9.17) is 9.47 Å². The zero-order valence-corrected chi connectivity index (χ0v) is 12.2. The first-order valence-corrected chi connectivity index (χ1v) is 7.10. The largest absolute Gasteiger partial charge is 0.490 e. The molecule has 1 aliphatic rings. The molecule has 1 aliphatic heterocycles. The van der Waals surface area contributed by atoms with E-state index in [1.54, 1.807) is 31.2 Å². The number of hydrogen-bond donors (Lipinski definition) is 1. The van der Waals surface area contributed by atoms with Gasteiger partial charge in [0.15, 0.2) is 11.5 Å². The summed E-state index contributed by atoms with van der Waals surface area (Å²) in [6.45, 7) is 2.91. The van der Waals surface area contributed by atoms with Crippen molar-refractivity contribution in [2.45, 2.75) is 13.3 Å². The Hall–Kier alpha value is -2.56. The zero-order chi connectivity index (χ0) is 15.5. The standard InChI is InChI=1S/C17H16FNO3/c1-11-9-13(18)4-5-14(11)19-17(20)12-3-6-15-16(10-12)22-8-2-7-21-15/h3-6,9-10H,2,7-8H2,1H3,(H,19,20). The summed E-state index contributed by atoms with van der Waals surface area (Å²) in [6, 6.07) is 9.31. The van der Waals surface area contributed by atoms with Crippen LogP contribution in [0.1, 0.15) is 22.3 Å². The Labute approximate surface area is 127 Å². The Morgan fingerprint density at radius 1 is 1.09 bits per heavy atom. The van der Waals surface area contributed by atoms with Gasteiger partial charge in [-0.2, -0.15) is 0 Å². The minimum absolute atomic E-state index is 0.273. The number of nitrogens with one attached hydrogen (secondary N) is 1. The molecule has 0 atom stereocenters. The number of carbonyl (C=O) groups is 1. The van der Waals surface area contributed by atoms with Gasteiger partial charge in [-0.25, -0.2) is 4.39 Å². The molecule has 0 radical (unpaired) electrons. The summed E-state index contributed by atoms with van der Waals surface area (Å²) in [5.74, 6) is 0.615. The summed E-state index contributed by atoms with van der Waals surface area (Å²) in [6.07, 6.45) is 0.810. The number of aryl methyl sites for hydroxylation is 1. The van der Waals surface area contributed by atoms with Crippen LogP contribution in [0.25, 0.3) is 0 Å². The SMILES string of the molecule is Cc1cc(F)ccc1NC(=O)c1ccc2c(c1)OCCCO2. The van der Waals surface area contributed by atoms with Crippen LogP contribution in [0, 0.1) is 12.7 Å². The first kappa shape index (κ1) is 14.4. The highest BCUT2D eigenvalue weighted by molar-refractivity contribution is 6.05. The number of benzene rings is 2. The van der Waals surface area contributed by atoms with Crippen molar-refractivity contribution < 1.29 is 18.7 Å². The van der Waals surface area contributed by atoms with Crippen LogP contribution in [0.15, 0.2) is 36.4 Å². The van der Waals surface area contributed by atoms with Crippen molar-refractivity contribution in [2.24, 2.45) is 0 Å². The third-order valence-electron chi connectivity index (χ3n) is 3.45. The molecular formula is C17H16FNO3. The first-order chi connectivity index (χ1) is 10.6. The molecule has 5 heteroatoms. The van der Waals surface area contributed by atoms with Crippen LogP contribution in [-0.4, -0.2) is 19.1 Å². The molecule has 2 aromatic rings. The smallest absolute Gasteiger partial charge is 0.255 e. The predicted molar refractivity (Wildman–Crippen MR) is 81.1 cm³/mol. The summed E-state index contributed by atoms with van der Waals surface area (Å²) in [5.41, 5.74) is 1.72. The highest BCUT2D eigenvalue weighted by atomic mass is 19.1. The average Bonchev–Trinajstić information content (AvgIpc) is 2.74. The van der Waals surface area contributed by atoms with Gasteiger partial charge in [-0.3, -0.25) is 4.79 Å². The average molecular weight is 301 g/mol. The van der Waals surface area contributed by atoms with E-state index < -0.39 is 0 Å². The molecule has 1 N–H and O–H groups in total. The summed E-state index contributed by atoms with van der Waals surface area (Å²) < 4.78 is 24.2. The highest BCUT2D eigenvalue weighted by Crippen LogP contribution is 2.30. The van der Waals surface area contributed by atoms with Gasteiger partial charge in [-0.15, -0.1) is 0 Å². The first-order valence-electron chi connectivity index (χ1n) is 7.10. The van der Waals surface area contributed by atoms with E-state index >= 15 is 0 Å². The maximum absolute atomic E-state index is 13.1. The Morgan fingerprint density at radius 2 is 1.86 bits per heavy atom. The van der Waals surface area contributed by atoms with Crippen LogP contribution < -0.4 is 14.8 Å². The van der Waals surface area contributed by atoms with Crippen molar-refractivity contribution in [3.8, 4) is 11.5 Å². The molecular weight excluding hydrogens is 285 g/mol. The van der Waals surface area contributed by atoms with Crippen molar-refractivity contribution >= 4 is 11.6 Å². The van der Waals surface area contributed by atoms with E-state index in [1.807, 2.05) is 0 Å². The number of hydrogen-bond acceptors (Lipinski definition) is 3. The number of amides is 1. The van der Waals surface area contributed by atoms with Crippen LogP contribution in [0.5, 0.6) is 11.5 Å². The number of rotatable bonds is 2. The van der Waals surface area contributed by atoms with Crippen LogP contribution in [0.4, 0.5) is 10.1 Å². The third kappa shape index (κ3) is 3.03. The van der Waals surface area contributed by atoms with Gasteiger partial charge in [0, 0.05) is 17.7 Å². The fourth-order valence-electron chi connectivity index (χ4n) is 2.27. The van der Waals surface area contributed by atoms with Gasteiger partial charge in [-0.1, -0.05) is 0 Å². The van der Waals surface area contributed by atoms with E-state index in [-0.39, 0.29) is 11.7 Å². The Bertz CT molecular complexity index is 715. The molecule has 0 fully saturated rings. The summed E-state index contributed by atoms with van der Waals surface area (Å²) in [7, 11) is 0. The van der Waals surface area contributed by atoms with Crippen molar-refractivity contribution in [3.63, 3.8) is 0 Å². The van der Waals surface area contributed by atoms with Gasteiger partial charge in [0.2, 0.25) is 0 Å². The Kier molecular flexibility index (Phi) is 3.96. The summed E-state index contributed by atoms with van der Waals surface area (Å²) in [4.78, 5) is 12.3. The van der Waals surface area contributed by atoms with E-state index in [0.717, 1.165) is 6.42 Å². The van der Waals surface area contributed by atoms with Gasteiger partial charge < -0.3 is 14.8 Å². The van der Waals surface area contributed by atoms with Crippen LogP contribution in [0.3, 0.4) is 0 Å². The molecule has 0 bridgehead atoms. The van der Waals surface area contributed by atoms with E-state index in [1.165, 1.54) is 12.1 Å². The molecule has 0 saturated carbocycles. The monoisotopic (exact) mass is 301 g/mol. The lowest BCUT2D eigenvalue weighted by atomic mass is 10.1. The van der Waals surface area contributed by atoms with E-state index in [9.17, 15) is 9.18 Å². The molecule has 2 aromatic carbocycles. The maximum Gasteiger partial charge on any atom is 0.255 e. The molecule has 1 amide bonds. The quantitative estimate of drug-likeness (QED) is 0.923. The van der Waals surface area contributed by atoms with E-state index in [0.29, 0.717) is 41.5 Å². The van der Waals surface area contributed by atoms with Gasteiger partial charge in [0.05, 0.1) is 13.2 Å². The van der Waals surface area contributed by atoms with Crippen molar-refractivity contribution in [3.05, 3.63) is 53.3 Å². The van der Waals surface area contributed by atoms with Crippen molar-refractivity contribution in [2.75, 3.05) is 18.5 Å². The van der Waals surface area contributed by atoms with Crippen LogP contribution >= 0.6 is 0 Å². The lowest BCUT2D eigenvalue weighted by Gasteiger charge is -2.11. The maximum atomic E-state index is 13.1. The fourth-order valence-corrected chi connectivity index (χ4v) is 2.27. The Morgan fingerprint density at radius 3 is 2.64 bits per heavy atom. The van der Waals surface area contributed by atoms with Crippen LogP contribution in [0.2, 0.25) is 0 Å². The van der Waals surface area contributed by atoms with Crippen molar-refractivity contribution in [1.29, 1.82) is 0 Å². The fraction of sp³-hybridized carbons (Fsp3) is 0.235. The second-order valence-electron chi connectivity index (χ2n) is 5.13. The second-order valence-corrected chi connectivity index (χ2v) is 5.13. The summed E-state index contributed by atoms with van der Waals surface area (Å²) in [5, 5.41) is 2.77. The molecule has 0 aliphatic carbocycles. The molecule has 0 saturated heterocycles. The molecule has 0 unspecified atom stereocenters. The second kappa shape index (κ2) is 6.05. The van der Waals surface area contributed by atoms with Gasteiger partial charge in [-0.05, 0) is 48.9 Å². The minimum Gasteiger partial charge on any atom is -0.490 e. The molecule has 22 heavy (non-hydrogen) atoms. The lowest BCUT2D eigenvalue weighted by Crippen LogP contribution is -2.13. The normalized spacial score (nSPS) is 13.4. The van der Waals surface area contributed by atoms with E-state index in [2.05, 4.69) is 5.32 Å². The van der Waals surface area contributed by atoms with Crippen LogP contribution in [-0.2, 0) is 0 Å². The third-order valence-corrected chi connectivity index (χ3v) is 3.45. The van der Waals surface area contributed by atoms with Crippen molar-refractivity contribution in [1.82, 2.24) is 0 Å². The van der Waals surface area contributed by atoms with Gasteiger partial charge in [0.25, 0.3) is 5.91 Å². The van der Waals surface area contributed by atoms with Gasteiger partial charge >= 0.3 is 0 Å². The molecule has 3 rings (SSSR count). The lowest BCUT2D eigenvalue weighted by molar-refractivity contribution is 0.102. The van der Waals surface area contributed by atoms with Gasteiger partial charge in [0.1, 0.15) is 5.82 Å². The molecule has 0 aromatic heterocycles. The topological polar surface area (TPSA) is 47.6 Å². The number of carbonyl (C=O) groups excluding carboxylic acids is 1. The number of halogens is 1.